The smallest absolute Gasteiger partial charge is 0.314 e. The third kappa shape index (κ3) is 3.11. The minimum absolute atomic E-state index is 0.0307. The van der Waals surface area contributed by atoms with Crippen LogP contribution in [0.4, 0.5) is 4.79 Å². The number of thioether (sulfide) groups is 1. The monoisotopic (exact) mass is 323 g/mol. The van der Waals surface area contributed by atoms with Crippen LogP contribution in [0.2, 0.25) is 5.02 Å². The van der Waals surface area contributed by atoms with E-state index < -0.39 is 11.1 Å². The summed E-state index contributed by atoms with van der Waals surface area (Å²) in [6.45, 7) is 0. The van der Waals surface area contributed by atoms with Gasteiger partial charge in [0.25, 0.3) is 11.1 Å². The second-order valence-corrected chi connectivity index (χ2v) is 6.10. The summed E-state index contributed by atoms with van der Waals surface area (Å²) in [6, 6.07) is 4.95. The molecule has 2 amide bonds. The summed E-state index contributed by atoms with van der Waals surface area (Å²) in [5.74, 6) is -0.513. The molecule has 1 aromatic rings. The van der Waals surface area contributed by atoms with Gasteiger partial charge in [-0.05, 0) is 42.3 Å². The summed E-state index contributed by atoms with van der Waals surface area (Å²) in [7, 11) is 0. The molecule has 108 valence electrons. The van der Waals surface area contributed by atoms with Crippen LogP contribution >= 0.6 is 23.4 Å². The lowest BCUT2D eigenvalue weighted by atomic mass is 10.2. The van der Waals surface area contributed by atoms with E-state index in [1.807, 2.05) is 0 Å². The second kappa shape index (κ2) is 5.54. The highest BCUT2D eigenvalue weighted by Gasteiger charge is 2.32. The van der Waals surface area contributed by atoms with Gasteiger partial charge in [-0.3, -0.25) is 19.7 Å². The number of carbonyl (C=O) groups excluding carboxylic acids is 3. The van der Waals surface area contributed by atoms with Crippen molar-refractivity contribution in [3.8, 4) is 5.75 Å². The number of carbonyl (C=O) groups is 3. The molecule has 0 unspecified atom stereocenters. The average molecular weight is 324 g/mol. The largest absolute Gasteiger partial charge is 0.425 e. The van der Waals surface area contributed by atoms with Crippen molar-refractivity contribution in [3.63, 3.8) is 0 Å². The Labute approximate surface area is 129 Å². The fourth-order valence-corrected chi connectivity index (χ4v) is 2.68. The molecule has 1 saturated carbocycles. The molecule has 3 rings (SSSR count). The molecular formula is C14H10ClNO4S. The molecule has 0 spiro atoms. The van der Waals surface area contributed by atoms with Crippen molar-refractivity contribution in [1.82, 2.24) is 5.32 Å². The second-order valence-electron chi connectivity index (χ2n) is 4.71. The van der Waals surface area contributed by atoms with Crippen LogP contribution in [0.25, 0.3) is 6.08 Å². The van der Waals surface area contributed by atoms with Gasteiger partial charge in [-0.15, -0.1) is 0 Å². The highest BCUT2D eigenvalue weighted by atomic mass is 35.5. The minimum atomic E-state index is -0.457. The molecule has 1 aromatic carbocycles. The summed E-state index contributed by atoms with van der Waals surface area (Å²) in [6.07, 6.45) is 3.19. The van der Waals surface area contributed by atoms with Gasteiger partial charge < -0.3 is 4.74 Å². The molecule has 7 heteroatoms. The molecule has 2 fully saturated rings. The number of imide groups is 1. The number of nitrogens with one attached hydrogen (secondary N) is 1. The maximum absolute atomic E-state index is 11.7. The standard InChI is InChI=1S/C14H10ClNO4S/c15-11-8(6-10-12(17)16-14(19)21-10)2-1-3-9(11)20-13(18)7-4-5-7/h1-3,6-7H,4-5H2,(H,16,17,19)/b10-6-. The van der Waals surface area contributed by atoms with Crippen LogP contribution in [0.5, 0.6) is 5.75 Å². The third-order valence-electron chi connectivity index (χ3n) is 3.04. The van der Waals surface area contributed by atoms with E-state index in [0.29, 0.717) is 5.56 Å². The summed E-state index contributed by atoms with van der Waals surface area (Å²) in [4.78, 5) is 34.6. The van der Waals surface area contributed by atoms with Gasteiger partial charge >= 0.3 is 5.97 Å². The molecule has 1 N–H and O–H groups in total. The van der Waals surface area contributed by atoms with Crippen molar-refractivity contribution in [1.29, 1.82) is 0 Å². The summed E-state index contributed by atoms with van der Waals surface area (Å²) in [5, 5.41) is 1.99. The summed E-state index contributed by atoms with van der Waals surface area (Å²) < 4.78 is 5.25. The molecule has 21 heavy (non-hydrogen) atoms. The SMILES string of the molecule is O=C1NC(=O)/C(=C/c2cccc(OC(=O)C3CC3)c2Cl)S1. The fraction of sp³-hybridized carbons (Fsp3) is 0.214. The Morgan fingerprint density at radius 3 is 2.76 bits per heavy atom. The van der Waals surface area contributed by atoms with E-state index in [9.17, 15) is 14.4 Å². The van der Waals surface area contributed by atoms with Crippen LogP contribution in [0.3, 0.4) is 0 Å². The van der Waals surface area contributed by atoms with Gasteiger partial charge in [-0.25, -0.2) is 0 Å². The number of hydrogen-bond acceptors (Lipinski definition) is 5. The Kier molecular flexibility index (Phi) is 3.73. The lowest BCUT2D eigenvalue weighted by molar-refractivity contribution is -0.135. The third-order valence-corrected chi connectivity index (χ3v) is 4.26. The van der Waals surface area contributed by atoms with Gasteiger partial charge in [0.1, 0.15) is 5.75 Å². The van der Waals surface area contributed by atoms with Crippen LogP contribution in [0.1, 0.15) is 18.4 Å². The topological polar surface area (TPSA) is 72.5 Å². The van der Waals surface area contributed by atoms with E-state index in [-0.39, 0.29) is 27.6 Å². The van der Waals surface area contributed by atoms with Crippen LogP contribution in [-0.4, -0.2) is 17.1 Å². The molecule has 5 nitrogen and oxygen atoms in total. The number of rotatable bonds is 3. The van der Waals surface area contributed by atoms with Crippen molar-refractivity contribution in [2.45, 2.75) is 12.8 Å². The molecule has 0 aromatic heterocycles. The lowest BCUT2D eigenvalue weighted by Gasteiger charge is -2.07. The molecule has 1 saturated heterocycles. The van der Waals surface area contributed by atoms with Crippen molar-refractivity contribution in [2.75, 3.05) is 0 Å². The zero-order valence-electron chi connectivity index (χ0n) is 10.7. The predicted molar refractivity (Wildman–Crippen MR) is 78.9 cm³/mol. The maximum Gasteiger partial charge on any atom is 0.314 e. The van der Waals surface area contributed by atoms with Gasteiger partial charge in [0, 0.05) is 0 Å². The molecule has 0 atom stereocenters. The molecule has 1 aliphatic carbocycles. The highest BCUT2D eigenvalue weighted by molar-refractivity contribution is 8.18. The van der Waals surface area contributed by atoms with E-state index in [4.69, 9.17) is 16.3 Å². The van der Waals surface area contributed by atoms with Gasteiger partial charge in [-0.2, -0.15) is 0 Å². The first-order valence-corrected chi connectivity index (χ1v) is 7.49. The molecule has 0 bridgehead atoms. The van der Waals surface area contributed by atoms with E-state index in [1.165, 1.54) is 6.08 Å². The van der Waals surface area contributed by atoms with E-state index in [0.717, 1.165) is 24.6 Å². The van der Waals surface area contributed by atoms with Gasteiger partial charge in [0.2, 0.25) is 0 Å². The number of halogens is 1. The van der Waals surface area contributed by atoms with Crippen LogP contribution < -0.4 is 10.1 Å². The predicted octanol–water partition coefficient (Wildman–Crippen LogP) is 2.98. The molecule has 1 aliphatic heterocycles. The summed E-state index contributed by atoms with van der Waals surface area (Å²) >= 11 is 7.00. The van der Waals surface area contributed by atoms with E-state index in [2.05, 4.69) is 5.32 Å². The highest BCUT2D eigenvalue weighted by Crippen LogP contribution is 2.35. The van der Waals surface area contributed by atoms with Gasteiger partial charge in [0.05, 0.1) is 15.8 Å². The Hall–Kier alpha value is -1.79. The van der Waals surface area contributed by atoms with Crippen molar-refractivity contribution >= 4 is 46.6 Å². The first-order valence-electron chi connectivity index (χ1n) is 6.29. The lowest BCUT2D eigenvalue weighted by Crippen LogP contribution is -2.17. The van der Waals surface area contributed by atoms with Crippen molar-refractivity contribution in [2.24, 2.45) is 5.92 Å². The van der Waals surface area contributed by atoms with Crippen molar-refractivity contribution in [3.05, 3.63) is 33.7 Å². The van der Waals surface area contributed by atoms with Crippen LogP contribution in [-0.2, 0) is 9.59 Å². The van der Waals surface area contributed by atoms with Gasteiger partial charge in [-0.1, -0.05) is 23.7 Å². The average Bonchev–Trinajstić information content (AvgIpc) is 3.22. The van der Waals surface area contributed by atoms with Crippen LogP contribution in [0.15, 0.2) is 23.1 Å². The normalized spacial score (nSPS) is 19.8. The summed E-state index contributed by atoms with van der Waals surface area (Å²) in [5.41, 5.74) is 0.519. The van der Waals surface area contributed by atoms with E-state index >= 15 is 0 Å². The Morgan fingerprint density at radius 1 is 1.38 bits per heavy atom. The van der Waals surface area contributed by atoms with Gasteiger partial charge in [0.15, 0.2) is 0 Å². The van der Waals surface area contributed by atoms with Crippen molar-refractivity contribution < 1.29 is 19.1 Å². The zero-order valence-corrected chi connectivity index (χ0v) is 12.3. The molecule has 0 radical (unpaired) electrons. The Morgan fingerprint density at radius 2 is 2.14 bits per heavy atom. The number of ether oxygens (including phenoxy) is 1. The zero-order chi connectivity index (χ0) is 15.0. The fourth-order valence-electron chi connectivity index (χ4n) is 1.79. The number of amides is 2. The minimum Gasteiger partial charge on any atom is -0.425 e. The Bertz CT molecular complexity index is 682. The number of esters is 1. The molecule has 2 aliphatic rings. The first kappa shape index (κ1) is 14.2. The molecular weight excluding hydrogens is 314 g/mol. The maximum atomic E-state index is 11.7. The van der Waals surface area contributed by atoms with Crippen LogP contribution in [0, 0.1) is 5.92 Å². The number of hydrogen-bond donors (Lipinski definition) is 1. The number of benzene rings is 1. The first-order chi connectivity index (χ1) is 10.0. The molecule has 1 heterocycles. The Balaban J connectivity index is 1.86. The van der Waals surface area contributed by atoms with E-state index in [1.54, 1.807) is 18.2 Å². The quantitative estimate of drug-likeness (QED) is 0.526.